The number of anilines is 1. The number of nitriles is 1. The minimum atomic E-state index is -0.806. The fraction of sp³-hybridized carbons (Fsp3) is 0.143. The molecule has 0 saturated carbocycles. The topological polar surface area (TPSA) is 68.9 Å². The molecule has 6 heteroatoms. The van der Waals surface area contributed by atoms with Gasteiger partial charge < -0.3 is 10.4 Å². The maximum atomic E-state index is 10.1. The number of benzene rings is 1. The summed E-state index contributed by atoms with van der Waals surface area (Å²) in [4.78, 5) is 4.05. The Labute approximate surface area is 126 Å². The van der Waals surface area contributed by atoms with Crippen LogP contribution in [0.15, 0.2) is 36.5 Å². The highest BCUT2D eigenvalue weighted by Gasteiger charge is 2.11. The summed E-state index contributed by atoms with van der Waals surface area (Å²) >= 11 is 11.8. The molecule has 0 bridgehead atoms. The second kappa shape index (κ2) is 6.58. The van der Waals surface area contributed by atoms with E-state index in [0.717, 1.165) is 0 Å². The fourth-order valence-electron chi connectivity index (χ4n) is 1.72. The van der Waals surface area contributed by atoms with Crippen molar-refractivity contribution in [3.05, 3.63) is 57.7 Å². The minimum Gasteiger partial charge on any atom is -0.387 e. The van der Waals surface area contributed by atoms with Gasteiger partial charge in [0, 0.05) is 22.8 Å². The van der Waals surface area contributed by atoms with E-state index in [0.29, 0.717) is 27.0 Å². The molecular formula is C14H11Cl2N3O. The lowest BCUT2D eigenvalue weighted by molar-refractivity contribution is 0.191. The molecule has 0 aliphatic carbocycles. The Hall–Kier alpha value is -1.80. The Morgan fingerprint density at radius 1 is 1.30 bits per heavy atom. The number of hydrogen-bond acceptors (Lipinski definition) is 4. The third kappa shape index (κ3) is 3.61. The van der Waals surface area contributed by atoms with Crippen LogP contribution in [0.1, 0.15) is 17.2 Å². The van der Waals surface area contributed by atoms with Crippen LogP contribution in [0.25, 0.3) is 0 Å². The molecule has 20 heavy (non-hydrogen) atoms. The molecular weight excluding hydrogens is 297 g/mol. The molecule has 0 aliphatic rings. The van der Waals surface area contributed by atoms with Gasteiger partial charge in [-0.05, 0) is 35.9 Å². The monoisotopic (exact) mass is 307 g/mol. The number of rotatable bonds is 4. The fourth-order valence-corrected chi connectivity index (χ4v) is 2.26. The zero-order valence-corrected chi connectivity index (χ0v) is 11.9. The molecule has 1 heterocycles. The number of nitrogens with zero attached hydrogens (tertiary/aromatic N) is 2. The maximum absolute atomic E-state index is 10.1. The quantitative estimate of drug-likeness (QED) is 0.908. The van der Waals surface area contributed by atoms with Crippen LogP contribution in [0, 0.1) is 11.3 Å². The molecule has 0 fully saturated rings. The standard InChI is InChI=1S/C14H11Cl2N3O/c15-11-4-10(5-12(16)6-11)13(20)8-19-14-9(7-17)2-1-3-18-14/h1-6,13,20H,8H2,(H,18,19). The van der Waals surface area contributed by atoms with Crippen LogP contribution >= 0.6 is 23.2 Å². The van der Waals surface area contributed by atoms with Gasteiger partial charge in [0.1, 0.15) is 11.9 Å². The highest BCUT2D eigenvalue weighted by Crippen LogP contribution is 2.24. The number of aliphatic hydroxyl groups is 1. The second-order valence-electron chi connectivity index (χ2n) is 4.11. The van der Waals surface area contributed by atoms with Crippen LogP contribution in [0.4, 0.5) is 5.82 Å². The summed E-state index contributed by atoms with van der Waals surface area (Å²) in [6, 6.07) is 10.2. The Morgan fingerprint density at radius 2 is 2.00 bits per heavy atom. The highest BCUT2D eigenvalue weighted by molar-refractivity contribution is 6.34. The first-order valence-corrected chi connectivity index (χ1v) is 6.59. The van der Waals surface area contributed by atoms with Gasteiger partial charge in [-0.25, -0.2) is 4.98 Å². The minimum absolute atomic E-state index is 0.197. The number of hydrogen-bond donors (Lipinski definition) is 2. The molecule has 1 aromatic carbocycles. The molecule has 1 aromatic heterocycles. The van der Waals surface area contributed by atoms with E-state index in [4.69, 9.17) is 28.5 Å². The van der Waals surface area contributed by atoms with Gasteiger partial charge in [-0.15, -0.1) is 0 Å². The van der Waals surface area contributed by atoms with Gasteiger partial charge in [0.25, 0.3) is 0 Å². The highest BCUT2D eigenvalue weighted by atomic mass is 35.5. The van der Waals surface area contributed by atoms with Crippen molar-refractivity contribution in [1.29, 1.82) is 5.26 Å². The molecule has 0 amide bonds. The predicted octanol–water partition coefficient (Wildman–Crippen LogP) is 3.41. The molecule has 0 saturated heterocycles. The van der Waals surface area contributed by atoms with Gasteiger partial charge in [0.15, 0.2) is 0 Å². The summed E-state index contributed by atoms with van der Waals surface area (Å²) in [7, 11) is 0. The lowest BCUT2D eigenvalue weighted by Gasteiger charge is -2.14. The van der Waals surface area contributed by atoms with E-state index in [1.165, 1.54) is 0 Å². The Morgan fingerprint density at radius 3 is 2.65 bits per heavy atom. The summed E-state index contributed by atoms with van der Waals surface area (Å²) in [6.07, 6.45) is 0.769. The first kappa shape index (κ1) is 14.6. The average Bonchev–Trinajstić information content (AvgIpc) is 2.44. The molecule has 2 aromatic rings. The predicted molar refractivity (Wildman–Crippen MR) is 78.9 cm³/mol. The second-order valence-corrected chi connectivity index (χ2v) is 4.98. The first-order chi connectivity index (χ1) is 9.60. The van der Waals surface area contributed by atoms with Crippen LogP contribution in [-0.2, 0) is 0 Å². The zero-order valence-electron chi connectivity index (χ0n) is 10.3. The van der Waals surface area contributed by atoms with Gasteiger partial charge in [-0.2, -0.15) is 5.26 Å². The lowest BCUT2D eigenvalue weighted by Crippen LogP contribution is -2.13. The zero-order chi connectivity index (χ0) is 14.5. The largest absolute Gasteiger partial charge is 0.387 e. The van der Waals surface area contributed by atoms with Gasteiger partial charge in [-0.3, -0.25) is 0 Å². The van der Waals surface area contributed by atoms with Gasteiger partial charge in [0.2, 0.25) is 0 Å². The lowest BCUT2D eigenvalue weighted by atomic mass is 10.1. The normalized spacial score (nSPS) is 11.7. The van der Waals surface area contributed by atoms with Crippen molar-refractivity contribution in [2.45, 2.75) is 6.10 Å². The number of aliphatic hydroxyl groups excluding tert-OH is 1. The molecule has 0 spiro atoms. The van der Waals surface area contributed by atoms with Gasteiger partial charge in [0.05, 0.1) is 11.7 Å². The van der Waals surface area contributed by atoms with Crippen LogP contribution in [-0.4, -0.2) is 16.6 Å². The van der Waals surface area contributed by atoms with Gasteiger partial charge >= 0.3 is 0 Å². The molecule has 102 valence electrons. The average molecular weight is 308 g/mol. The van der Waals surface area contributed by atoms with E-state index < -0.39 is 6.10 Å². The van der Waals surface area contributed by atoms with E-state index in [2.05, 4.69) is 10.3 Å². The van der Waals surface area contributed by atoms with E-state index >= 15 is 0 Å². The van der Waals surface area contributed by atoms with Crippen molar-refractivity contribution in [3.63, 3.8) is 0 Å². The van der Waals surface area contributed by atoms with Crippen LogP contribution in [0.5, 0.6) is 0 Å². The maximum Gasteiger partial charge on any atom is 0.143 e. The van der Waals surface area contributed by atoms with E-state index in [1.807, 2.05) is 6.07 Å². The number of halogens is 2. The molecule has 1 unspecified atom stereocenters. The van der Waals surface area contributed by atoms with Crippen molar-refractivity contribution in [3.8, 4) is 6.07 Å². The summed E-state index contributed by atoms with van der Waals surface area (Å²) in [5.74, 6) is 0.433. The molecule has 0 aliphatic heterocycles. The summed E-state index contributed by atoms with van der Waals surface area (Å²) in [6.45, 7) is 0.197. The summed E-state index contributed by atoms with van der Waals surface area (Å²) in [5, 5.41) is 22.9. The van der Waals surface area contributed by atoms with Crippen molar-refractivity contribution in [2.75, 3.05) is 11.9 Å². The molecule has 0 radical (unpaired) electrons. The molecule has 2 N–H and O–H groups in total. The third-order valence-electron chi connectivity index (χ3n) is 2.66. The Bertz CT molecular complexity index is 635. The van der Waals surface area contributed by atoms with Crippen molar-refractivity contribution in [1.82, 2.24) is 4.98 Å². The van der Waals surface area contributed by atoms with Gasteiger partial charge in [-0.1, -0.05) is 23.2 Å². The summed E-state index contributed by atoms with van der Waals surface area (Å²) < 4.78 is 0. The number of nitrogens with one attached hydrogen (secondary N) is 1. The number of aromatic nitrogens is 1. The molecule has 4 nitrogen and oxygen atoms in total. The Balaban J connectivity index is 2.09. The van der Waals surface area contributed by atoms with E-state index in [1.54, 1.807) is 36.5 Å². The van der Waals surface area contributed by atoms with E-state index in [-0.39, 0.29) is 6.54 Å². The third-order valence-corrected chi connectivity index (χ3v) is 3.10. The molecule has 2 rings (SSSR count). The van der Waals surface area contributed by atoms with E-state index in [9.17, 15) is 5.11 Å². The first-order valence-electron chi connectivity index (χ1n) is 5.83. The van der Waals surface area contributed by atoms with Crippen LogP contribution in [0.2, 0.25) is 10.0 Å². The SMILES string of the molecule is N#Cc1cccnc1NCC(O)c1cc(Cl)cc(Cl)c1. The Kier molecular flexibility index (Phi) is 4.80. The van der Waals surface area contributed by atoms with Crippen molar-refractivity contribution >= 4 is 29.0 Å². The smallest absolute Gasteiger partial charge is 0.143 e. The van der Waals surface area contributed by atoms with Crippen molar-refractivity contribution < 1.29 is 5.11 Å². The number of pyridine rings is 1. The van der Waals surface area contributed by atoms with Crippen molar-refractivity contribution in [2.24, 2.45) is 0 Å². The summed E-state index contributed by atoms with van der Waals surface area (Å²) in [5.41, 5.74) is 1.02. The molecule has 1 atom stereocenters. The van der Waals surface area contributed by atoms with Crippen LogP contribution < -0.4 is 5.32 Å². The van der Waals surface area contributed by atoms with Crippen LogP contribution in [0.3, 0.4) is 0 Å².